The van der Waals surface area contributed by atoms with Gasteiger partial charge in [0.1, 0.15) is 29.5 Å². The number of nitrogens with two attached hydrogens (primary N) is 2. The van der Waals surface area contributed by atoms with E-state index in [0.717, 1.165) is 0 Å². The molecule has 0 spiro atoms. The van der Waals surface area contributed by atoms with Crippen LogP contribution in [0.3, 0.4) is 0 Å². The highest BCUT2D eigenvalue weighted by atomic mass is 35.5. The van der Waals surface area contributed by atoms with Crippen LogP contribution in [0.1, 0.15) is 17.4 Å². The molecule has 2 amide bonds. The molecule has 0 saturated heterocycles. The molecule has 8 N–H and O–H groups in total. The van der Waals surface area contributed by atoms with E-state index in [-0.39, 0.29) is 47.2 Å². The minimum Gasteiger partial charge on any atom is -0.489 e. The van der Waals surface area contributed by atoms with Crippen molar-refractivity contribution in [1.29, 1.82) is 0 Å². The summed E-state index contributed by atoms with van der Waals surface area (Å²) in [7, 11) is 0. The second-order valence-electron chi connectivity index (χ2n) is 6.84. The van der Waals surface area contributed by atoms with Gasteiger partial charge in [-0.05, 0) is 19.1 Å². The first-order valence-corrected chi connectivity index (χ1v) is 10.9. The number of anilines is 2. The lowest BCUT2D eigenvalue weighted by Gasteiger charge is -2.16. The van der Waals surface area contributed by atoms with Crippen molar-refractivity contribution in [2.24, 2.45) is 0 Å². The van der Waals surface area contributed by atoms with Gasteiger partial charge in [-0.3, -0.25) is 9.59 Å². The van der Waals surface area contributed by atoms with E-state index in [1.54, 1.807) is 18.2 Å². The summed E-state index contributed by atoms with van der Waals surface area (Å²) in [6, 6.07) is 4.09. The second kappa shape index (κ2) is 12.6. The third-order valence-electron chi connectivity index (χ3n) is 4.19. The lowest BCUT2D eigenvalue weighted by atomic mass is 10.2. The fourth-order valence-corrected chi connectivity index (χ4v) is 2.95. The Morgan fingerprint density at radius 1 is 1.15 bits per heavy atom. The summed E-state index contributed by atoms with van der Waals surface area (Å²) < 4.78 is 5.45. The van der Waals surface area contributed by atoms with E-state index in [1.807, 2.05) is 0 Å². The fourth-order valence-electron chi connectivity index (χ4n) is 2.48. The maximum Gasteiger partial charge on any atom is 0.274 e. The predicted octanol–water partition coefficient (Wildman–Crippen LogP) is 0.865. The molecule has 14 heteroatoms. The third kappa shape index (κ3) is 8.06. The van der Waals surface area contributed by atoms with Crippen LogP contribution in [0.15, 0.2) is 18.2 Å². The van der Waals surface area contributed by atoms with E-state index in [2.05, 4.69) is 25.9 Å². The lowest BCUT2D eigenvalue weighted by molar-refractivity contribution is -0.122. The van der Waals surface area contributed by atoms with Crippen molar-refractivity contribution in [2.45, 2.75) is 19.1 Å². The highest BCUT2D eigenvalue weighted by Crippen LogP contribution is 2.31. The Morgan fingerprint density at radius 3 is 2.61 bits per heavy atom. The summed E-state index contributed by atoms with van der Waals surface area (Å²) in [4.78, 5) is 31.9. The van der Waals surface area contributed by atoms with Crippen molar-refractivity contribution in [3.8, 4) is 5.75 Å². The number of carbonyl (C=O) groups is 2. The third-order valence-corrected chi connectivity index (χ3v) is 5.27. The zero-order chi connectivity index (χ0) is 24.5. The number of nitrogens with one attached hydrogen (secondary N) is 3. The monoisotopic (exact) mass is 519 g/mol. The Morgan fingerprint density at radius 2 is 1.88 bits per heavy atom. The minimum atomic E-state index is -0.878. The van der Waals surface area contributed by atoms with E-state index in [9.17, 15) is 14.7 Å². The average Bonchev–Trinajstić information content (AvgIpc) is 2.76. The van der Waals surface area contributed by atoms with Crippen LogP contribution in [0, 0.1) is 0 Å². The van der Waals surface area contributed by atoms with Gasteiger partial charge in [0.15, 0.2) is 22.5 Å². The largest absolute Gasteiger partial charge is 0.489 e. The molecule has 11 nitrogen and oxygen atoms in total. The number of benzene rings is 1. The molecule has 2 rings (SSSR count). The van der Waals surface area contributed by atoms with Gasteiger partial charge in [0, 0.05) is 19.6 Å². The number of hydrogen-bond donors (Lipinski definition) is 6. The molecule has 2 atom stereocenters. The molecular weight excluding hydrogens is 497 g/mol. The topological polar surface area (TPSA) is 178 Å². The van der Waals surface area contributed by atoms with E-state index in [4.69, 9.17) is 51.0 Å². The summed E-state index contributed by atoms with van der Waals surface area (Å²) >= 11 is 17.7. The Balaban J connectivity index is 1.66. The van der Waals surface area contributed by atoms with Crippen molar-refractivity contribution in [3.63, 3.8) is 0 Å². The van der Waals surface area contributed by atoms with E-state index >= 15 is 0 Å². The molecule has 0 fully saturated rings. The lowest BCUT2D eigenvalue weighted by Crippen LogP contribution is -2.47. The fraction of sp³-hybridized carbons (Fsp3) is 0.368. The second-order valence-corrected chi connectivity index (χ2v) is 7.98. The van der Waals surface area contributed by atoms with Crippen molar-refractivity contribution in [2.75, 3.05) is 37.7 Å². The molecule has 1 aromatic heterocycles. The summed E-state index contributed by atoms with van der Waals surface area (Å²) in [5.74, 6) is -1.08. The average molecular weight is 521 g/mol. The molecule has 0 aliphatic carbocycles. The van der Waals surface area contributed by atoms with Gasteiger partial charge in [-0.2, -0.15) is 0 Å². The first kappa shape index (κ1) is 26.7. The normalized spacial score (nSPS) is 12.6. The van der Waals surface area contributed by atoms with Crippen LogP contribution in [0.4, 0.5) is 11.6 Å². The molecule has 1 heterocycles. The van der Waals surface area contributed by atoms with Crippen LogP contribution in [0.5, 0.6) is 5.75 Å². The van der Waals surface area contributed by atoms with Gasteiger partial charge in [-0.25, -0.2) is 9.97 Å². The molecule has 2 aromatic rings. The van der Waals surface area contributed by atoms with Crippen LogP contribution >= 0.6 is 34.8 Å². The maximum atomic E-state index is 12.3. The molecule has 0 saturated carbocycles. The number of aromatic nitrogens is 2. The standard InChI is InChI=1S/C19H24Cl3N7O4/c1-9(27-19(32)14-16(23)29-17(24)15(22)28-14)18(31)26-6-5-25-7-10(30)8-33-12-4-2-3-11(20)13(12)21/h2-4,9-10,25,30H,5-8H2,1H3,(H,26,31)(H,27,32)(H4,23,24,29)/t9?,10-/m0/s1. The van der Waals surface area contributed by atoms with Crippen LogP contribution in [0.2, 0.25) is 15.2 Å². The van der Waals surface area contributed by atoms with Gasteiger partial charge in [0.2, 0.25) is 5.91 Å². The van der Waals surface area contributed by atoms with Gasteiger partial charge >= 0.3 is 0 Å². The number of ether oxygens (including phenoxy) is 1. The molecule has 33 heavy (non-hydrogen) atoms. The summed E-state index contributed by atoms with van der Waals surface area (Å²) in [6.07, 6.45) is -0.813. The van der Waals surface area contributed by atoms with Gasteiger partial charge in [-0.15, -0.1) is 0 Å². The molecule has 180 valence electrons. The van der Waals surface area contributed by atoms with Crippen molar-refractivity contribution < 1.29 is 19.4 Å². The molecule has 0 aliphatic rings. The molecule has 0 radical (unpaired) electrons. The van der Waals surface area contributed by atoms with Gasteiger partial charge < -0.3 is 37.3 Å². The Bertz CT molecular complexity index is 996. The first-order chi connectivity index (χ1) is 15.6. The van der Waals surface area contributed by atoms with Crippen LogP contribution in [-0.2, 0) is 4.79 Å². The SMILES string of the molecule is CC(NC(=O)c1nc(Cl)c(N)nc1N)C(=O)NCCNC[C@H](O)COc1cccc(Cl)c1Cl. The predicted molar refractivity (Wildman–Crippen MR) is 127 cm³/mol. The molecular formula is C19H24Cl3N7O4. The van der Waals surface area contributed by atoms with Crippen LogP contribution in [-0.4, -0.2) is 65.3 Å². The molecule has 0 bridgehead atoms. The van der Waals surface area contributed by atoms with Gasteiger partial charge in [0.05, 0.1) is 5.02 Å². The summed E-state index contributed by atoms with van der Waals surface area (Å²) in [6.45, 7) is 2.33. The van der Waals surface area contributed by atoms with Crippen molar-refractivity contribution in [3.05, 3.63) is 39.1 Å². The number of hydrogen-bond acceptors (Lipinski definition) is 9. The Labute approximate surface area is 205 Å². The number of amides is 2. The molecule has 1 aromatic carbocycles. The van der Waals surface area contributed by atoms with E-state index < -0.39 is 24.0 Å². The number of aliphatic hydroxyl groups is 1. The number of halogens is 3. The summed E-state index contributed by atoms with van der Waals surface area (Å²) in [5, 5.41) is 18.5. The Hall–Kier alpha value is -2.57. The smallest absolute Gasteiger partial charge is 0.274 e. The number of nitrogen functional groups attached to an aromatic ring is 2. The number of rotatable bonds is 11. The van der Waals surface area contributed by atoms with Crippen molar-refractivity contribution >= 4 is 58.3 Å². The summed E-state index contributed by atoms with van der Waals surface area (Å²) in [5.41, 5.74) is 10.9. The zero-order valence-corrected chi connectivity index (χ0v) is 19.8. The number of nitrogens with zero attached hydrogens (tertiary/aromatic N) is 2. The number of carbonyl (C=O) groups excluding carboxylic acids is 2. The first-order valence-electron chi connectivity index (χ1n) is 9.72. The van der Waals surface area contributed by atoms with E-state index in [0.29, 0.717) is 17.3 Å². The van der Waals surface area contributed by atoms with E-state index in [1.165, 1.54) is 6.92 Å². The zero-order valence-electron chi connectivity index (χ0n) is 17.6. The van der Waals surface area contributed by atoms with Crippen molar-refractivity contribution in [1.82, 2.24) is 25.9 Å². The van der Waals surface area contributed by atoms with Gasteiger partial charge in [0.25, 0.3) is 5.91 Å². The highest BCUT2D eigenvalue weighted by molar-refractivity contribution is 6.42. The maximum absolute atomic E-state index is 12.3. The van der Waals surface area contributed by atoms with Crippen LogP contribution < -0.4 is 32.2 Å². The molecule has 0 aliphatic heterocycles. The quantitative estimate of drug-likeness (QED) is 0.234. The Kier molecular flexibility index (Phi) is 10.2. The highest BCUT2D eigenvalue weighted by Gasteiger charge is 2.21. The van der Waals surface area contributed by atoms with Crippen LogP contribution in [0.25, 0.3) is 0 Å². The minimum absolute atomic E-state index is 0.00363. The van der Waals surface area contributed by atoms with Gasteiger partial charge in [-0.1, -0.05) is 40.9 Å². The number of aliphatic hydroxyl groups excluding tert-OH is 1. The molecule has 1 unspecified atom stereocenters.